The molecule has 1 aromatic rings. The van der Waals surface area contributed by atoms with Crippen LogP contribution in [0.3, 0.4) is 0 Å². The topological polar surface area (TPSA) is 83.6 Å². The molecule has 0 aliphatic carbocycles. The minimum atomic E-state index is -0.121. The van der Waals surface area contributed by atoms with Gasteiger partial charge in [0.15, 0.2) is 0 Å². The zero-order valence-electron chi connectivity index (χ0n) is 16.3. The number of carbonyl (C=O) groups excluding carboxylic acids is 2. The van der Waals surface area contributed by atoms with E-state index in [1.165, 1.54) is 0 Å². The summed E-state index contributed by atoms with van der Waals surface area (Å²) in [6, 6.07) is 6.07. The van der Waals surface area contributed by atoms with Gasteiger partial charge in [-0.1, -0.05) is 18.9 Å². The third-order valence-electron chi connectivity index (χ3n) is 4.70. The van der Waals surface area contributed by atoms with Crippen molar-refractivity contribution >= 4 is 17.8 Å². The van der Waals surface area contributed by atoms with Gasteiger partial charge in [-0.05, 0) is 44.7 Å². The maximum absolute atomic E-state index is 12.0. The van der Waals surface area contributed by atoms with Crippen LogP contribution in [0.1, 0.15) is 51.9 Å². The average molecular weight is 377 g/mol. The predicted octanol–water partition coefficient (Wildman–Crippen LogP) is 2.86. The Balaban J connectivity index is 1.49. The normalized spacial score (nSPS) is 14.6. The molecule has 2 amide bonds. The molecule has 1 fully saturated rings. The predicted molar refractivity (Wildman–Crippen MR) is 106 cm³/mol. The summed E-state index contributed by atoms with van der Waals surface area (Å²) in [5.41, 5.74) is 0. The molecule has 0 aromatic carbocycles. The van der Waals surface area contributed by atoms with E-state index >= 15 is 0 Å². The summed E-state index contributed by atoms with van der Waals surface area (Å²) >= 11 is 0. The van der Waals surface area contributed by atoms with Crippen LogP contribution in [-0.2, 0) is 9.53 Å². The average Bonchev–Trinajstić information content (AvgIpc) is 2.69. The summed E-state index contributed by atoms with van der Waals surface area (Å²) in [4.78, 5) is 29.9. The lowest BCUT2D eigenvalue weighted by molar-refractivity contribution is -0.143. The van der Waals surface area contributed by atoms with Crippen LogP contribution in [0.2, 0.25) is 0 Å². The molecule has 0 bridgehead atoms. The second-order valence-corrected chi connectivity index (χ2v) is 6.82. The van der Waals surface area contributed by atoms with Gasteiger partial charge in [0.25, 0.3) is 0 Å². The number of hydrogen-bond acceptors (Lipinski definition) is 5. The van der Waals surface area contributed by atoms with Crippen molar-refractivity contribution in [1.29, 1.82) is 0 Å². The molecular formula is C20H32N4O3. The molecular weight excluding hydrogens is 344 g/mol. The molecule has 27 heavy (non-hydrogen) atoms. The van der Waals surface area contributed by atoms with Gasteiger partial charge in [-0.2, -0.15) is 0 Å². The second kappa shape index (κ2) is 12.1. The molecule has 1 aliphatic heterocycles. The van der Waals surface area contributed by atoms with E-state index in [0.29, 0.717) is 19.6 Å². The van der Waals surface area contributed by atoms with Crippen LogP contribution in [0.5, 0.6) is 0 Å². The standard InChI is InChI=1S/C20H32N4O3/c1-2-27-19(25)10-5-3-4-7-14-22-20(26)23-17-11-15-24(16-12-17)18-9-6-8-13-21-18/h6,8-9,13,17H,2-5,7,10-12,14-16H2,1H3,(H2,22,23,26). The molecule has 0 spiro atoms. The Morgan fingerprint density at radius 2 is 1.96 bits per heavy atom. The first-order valence-corrected chi connectivity index (χ1v) is 10.0. The number of pyridine rings is 1. The molecule has 1 aromatic heterocycles. The Labute approximate surface area is 161 Å². The monoisotopic (exact) mass is 376 g/mol. The van der Waals surface area contributed by atoms with E-state index in [9.17, 15) is 9.59 Å². The SMILES string of the molecule is CCOC(=O)CCCCCCNC(=O)NC1CCN(c2ccccn2)CC1. The highest BCUT2D eigenvalue weighted by atomic mass is 16.5. The van der Waals surface area contributed by atoms with Crippen molar-refractivity contribution in [1.82, 2.24) is 15.6 Å². The Hall–Kier alpha value is -2.31. The fourth-order valence-corrected chi connectivity index (χ4v) is 3.21. The van der Waals surface area contributed by atoms with Crippen LogP contribution in [0.25, 0.3) is 0 Å². The van der Waals surface area contributed by atoms with Crippen molar-refractivity contribution in [3.8, 4) is 0 Å². The van der Waals surface area contributed by atoms with Crippen molar-refractivity contribution in [2.45, 2.75) is 57.9 Å². The first-order valence-electron chi connectivity index (χ1n) is 10.0. The van der Waals surface area contributed by atoms with Crippen molar-refractivity contribution in [2.24, 2.45) is 0 Å². The molecule has 1 saturated heterocycles. The minimum absolute atomic E-state index is 0.0854. The van der Waals surface area contributed by atoms with Gasteiger partial charge in [-0.3, -0.25) is 4.79 Å². The lowest BCUT2D eigenvalue weighted by atomic mass is 10.1. The molecule has 7 heteroatoms. The largest absolute Gasteiger partial charge is 0.466 e. The highest BCUT2D eigenvalue weighted by molar-refractivity contribution is 5.74. The summed E-state index contributed by atoms with van der Waals surface area (Å²) in [5, 5.41) is 5.99. The Morgan fingerprint density at radius 3 is 2.67 bits per heavy atom. The maximum atomic E-state index is 12.0. The number of urea groups is 1. The number of ether oxygens (including phenoxy) is 1. The van der Waals surface area contributed by atoms with E-state index in [4.69, 9.17) is 4.74 Å². The van der Waals surface area contributed by atoms with E-state index in [-0.39, 0.29) is 18.0 Å². The number of amides is 2. The van der Waals surface area contributed by atoms with Crippen molar-refractivity contribution in [3.63, 3.8) is 0 Å². The molecule has 0 unspecified atom stereocenters. The number of aromatic nitrogens is 1. The van der Waals surface area contributed by atoms with Crippen LogP contribution in [0.4, 0.5) is 10.6 Å². The fourth-order valence-electron chi connectivity index (χ4n) is 3.21. The lowest BCUT2D eigenvalue weighted by Crippen LogP contribution is -2.48. The number of nitrogens with one attached hydrogen (secondary N) is 2. The van der Waals surface area contributed by atoms with E-state index in [2.05, 4.69) is 20.5 Å². The third kappa shape index (κ3) is 8.28. The Kier molecular flexibility index (Phi) is 9.44. The third-order valence-corrected chi connectivity index (χ3v) is 4.70. The Bertz CT molecular complexity index is 560. The molecule has 7 nitrogen and oxygen atoms in total. The number of piperidine rings is 1. The molecule has 0 saturated carbocycles. The summed E-state index contributed by atoms with van der Waals surface area (Å²) in [7, 11) is 0. The summed E-state index contributed by atoms with van der Waals surface area (Å²) in [6.07, 6.45) is 7.91. The molecule has 0 atom stereocenters. The van der Waals surface area contributed by atoms with Crippen LogP contribution in [-0.4, -0.2) is 49.3 Å². The van der Waals surface area contributed by atoms with Gasteiger partial charge in [-0.15, -0.1) is 0 Å². The van der Waals surface area contributed by atoms with Crippen LogP contribution in [0, 0.1) is 0 Å². The first kappa shape index (κ1) is 21.0. The van der Waals surface area contributed by atoms with Gasteiger partial charge in [0.1, 0.15) is 5.82 Å². The van der Waals surface area contributed by atoms with Gasteiger partial charge >= 0.3 is 12.0 Å². The van der Waals surface area contributed by atoms with Crippen LogP contribution >= 0.6 is 0 Å². The zero-order valence-corrected chi connectivity index (χ0v) is 16.3. The van der Waals surface area contributed by atoms with Gasteiger partial charge in [-0.25, -0.2) is 9.78 Å². The number of carbonyl (C=O) groups is 2. The summed E-state index contributed by atoms with van der Waals surface area (Å²) in [5.74, 6) is 0.882. The summed E-state index contributed by atoms with van der Waals surface area (Å²) < 4.78 is 4.89. The second-order valence-electron chi connectivity index (χ2n) is 6.82. The number of esters is 1. The molecule has 150 valence electrons. The smallest absolute Gasteiger partial charge is 0.315 e. The minimum Gasteiger partial charge on any atom is -0.466 e. The maximum Gasteiger partial charge on any atom is 0.315 e. The number of nitrogens with zero attached hydrogens (tertiary/aromatic N) is 2. The number of anilines is 1. The van der Waals surface area contributed by atoms with Gasteiger partial charge in [0.05, 0.1) is 6.61 Å². The lowest BCUT2D eigenvalue weighted by Gasteiger charge is -2.33. The number of rotatable bonds is 10. The Morgan fingerprint density at radius 1 is 1.19 bits per heavy atom. The quantitative estimate of drug-likeness (QED) is 0.485. The highest BCUT2D eigenvalue weighted by Gasteiger charge is 2.21. The number of unbranched alkanes of at least 4 members (excludes halogenated alkanes) is 3. The van der Waals surface area contributed by atoms with E-state index in [1.807, 2.05) is 31.3 Å². The van der Waals surface area contributed by atoms with Crippen LogP contribution in [0.15, 0.2) is 24.4 Å². The van der Waals surface area contributed by atoms with E-state index in [1.54, 1.807) is 0 Å². The van der Waals surface area contributed by atoms with Crippen molar-refractivity contribution in [3.05, 3.63) is 24.4 Å². The van der Waals surface area contributed by atoms with Crippen molar-refractivity contribution < 1.29 is 14.3 Å². The van der Waals surface area contributed by atoms with E-state index in [0.717, 1.165) is 57.4 Å². The fraction of sp³-hybridized carbons (Fsp3) is 0.650. The number of hydrogen-bond donors (Lipinski definition) is 2. The molecule has 2 heterocycles. The van der Waals surface area contributed by atoms with Gasteiger partial charge < -0.3 is 20.3 Å². The molecule has 0 radical (unpaired) electrons. The molecule has 2 N–H and O–H groups in total. The van der Waals surface area contributed by atoms with Crippen molar-refractivity contribution in [2.75, 3.05) is 31.1 Å². The highest BCUT2D eigenvalue weighted by Crippen LogP contribution is 2.17. The van der Waals surface area contributed by atoms with Crippen LogP contribution < -0.4 is 15.5 Å². The summed E-state index contributed by atoms with van der Waals surface area (Å²) in [6.45, 7) is 4.74. The van der Waals surface area contributed by atoms with E-state index < -0.39 is 0 Å². The van der Waals surface area contributed by atoms with Gasteiger partial charge in [0.2, 0.25) is 0 Å². The van der Waals surface area contributed by atoms with Gasteiger partial charge in [0, 0.05) is 38.3 Å². The first-order chi connectivity index (χ1) is 13.2. The zero-order chi connectivity index (χ0) is 19.3. The molecule has 1 aliphatic rings. The molecule has 2 rings (SSSR count).